The molecule has 0 atom stereocenters. The third-order valence-electron chi connectivity index (χ3n) is 3.82. The second-order valence-electron chi connectivity index (χ2n) is 6.08. The fourth-order valence-corrected chi connectivity index (χ4v) is 3.40. The molecule has 0 saturated heterocycles. The van der Waals surface area contributed by atoms with Gasteiger partial charge < -0.3 is 4.90 Å². The van der Waals surface area contributed by atoms with E-state index in [0.29, 0.717) is 11.4 Å². The van der Waals surface area contributed by atoms with E-state index in [1.54, 1.807) is 36.4 Å². The Kier molecular flexibility index (Phi) is 5.52. The summed E-state index contributed by atoms with van der Waals surface area (Å²) >= 11 is 0. The van der Waals surface area contributed by atoms with Gasteiger partial charge in [0.1, 0.15) is 0 Å². The lowest BCUT2D eigenvalue weighted by Crippen LogP contribution is -2.12. The van der Waals surface area contributed by atoms with Crippen LogP contribution in [0, 0.1) is 0 Å². The summed E-state index contributed by atoms with van der Waals surface area (Å²) in [5, 5.41) is 8.33. The van der Waals surface area contributed by atoms with Crippen LogP contribution in [0.1, 0.15) is 0 Å². The predicted octanol–water partition coefficient (Wildman–Crippen LogP) is 4.97. The second-order valence-corrected chi connectivity index (χ2v) is 7.76. The molecule has 0 aromatic heterocycles. The smallest absolute Gasteiger partial charge is 0.261 e. The van der Waals surface area contributed by atoms with E-state index in [9.17, 15) is 8.42 Å². The molecule has 0 heterocycles. The number of azo groups is 1. The van der Waals surface area contributed by atoms with Gasteiger partial charge in [-0.2, -0.15) is 10.2 Å². The summed E-state index contributed by atoms with van der Waals surface area (Å²) in [6.45, 7) is 0. The van der Waals surface area contributed by atoms with Crippen LogP contribution in [0.3, 0.4) is 0 Å². The molecular weight excluding hydrogens is 360 g/mol. The first-order valence-corrected chi connectivity index (χ1v) is 9.79. The zero-order valence-electron chi connectivity index (χ0n) is 15.1. The maximum atomic E-state index is 12.4. The van der Waals surface area contributed by atoms with Gasteiger partial charge in [0.25, 0.3) is 10.0 Å². The molecule has 0 aliphatic rings. The highest BCUT2D eigenvalue weighted by atomic mass is 32.2. The van der Waals surface area contributed by atoms with E-state index in [1.165, 1.54) is 12.1 Å². The Labute approximate surface area is 159 Å². The van der Waals surface area contributed by atoms with E-state index in [0.717, 1.165) is 11.4 Å². The third-order valence-corrected chi connectivity index (χ3v) is 5.22. The molecule has 0 saturated carbocycles. The highest BCUT2D eigenvalue weighted by Gasteiger charge is 2.13. The van der Waals surface area contributed by atoms with Crippen LogP contribution < -0.4 is 9.62 Å². The number of hydrogen-bond acceptors (Lipinski definition) is 5. The molecule has 0 spiro atoms. The molecule has 0 unspecified atom stereocenters. The van der Waals surface area contributed by atoms with Gasteiger partial charge in [0, 0.05) is 25.5 Å². The predicted molar refractivity (Wildman–Crippen MR) is 109 cm³/mol. The largest absolute Gasteiger partial charge is 0.378 e. The maximum Gasteiger partial charge on any atom is 0.261 e. The molecule has 7 heteroatoms. The van der Waals surface area contributed by atoms with Crippen LogP contribution in [-0.4, -0.2) is 22.5 Å². The number of benzene rings is 3. The zero-order chi connectivity index (χ0) is 19.3. The molecular formula is C20H20N4O2S. The molecule has 3 aromatic rings. The Balaban J connectivity index is 1.71. The molecule has 3 rings (SSSR count). The first-order valence-electron chi connectivity index (χ1n) is 8.31. The van der Waals surface area contributed by atoms with Crippen molar-refractivity contribution in [3.05, 3.63) is 78.9 Å². The number of rotatable bonds is 6. The van der Waals surface area contributed by atoms with Gasteiger partial charge in [0.2, 0.25) is 0 Å². The molecule has 0 fully saturated rings. The topological polar surface area (TPSA) is 74.1 Å². The van der Waals surface area contributed by atoms with Crippen molar-refractivity contribution in [1.82, 2.24) is 0 Å². The molecule has 1 N–H and O–H groups in total. The Morgan fingerprint density at radius 3 is 1.78 bits per heavy atom. The average Bonchev–Trinajstić information content (AvgIpc) is 2.67. The minimum absolute atomic E-state index is 0.167. The normalized spacial score (nSPS) is 11.5. The lowest BCUT2D eigenvalue weighted by molar-refractivity contribution is 0.601. The minimum atomic E-state index is -3.64. The molecule has 27 heavy (non-hydrogen) atoms. The summed E-state index contributed by atoms with van der Waals surface area (Å²) in [4.78, 5) is 2.17. The van der Waals surface area contributed by atoms with Crippen LogP contribution in [-0.2, 0) is 10.0 Å². The van der Waals surface area contributed by atoms with Crippen molar-refractivity contribution in [1.29, 1.82) is 0 Å². The van der Waals surface area contributed by atoms with Crippen LogP contribution in [0.2, 0.25) is 0 Å². The monoisotopic (exact) mass is 380 g/mol. The van der Waals surface area contributed by atoms with Crippen molar-refractivity contribution in [3.63, 3.8) is 0 Å². The van der Waals surface area contributed by atoms with Gasteiger partial charge in [0.15, 0.2) is 0 Å². The standard InChI is InChI=1S/C20H20N4O2S/c1-24(2)19-12-8-16(9-13-19)21-22-17-10-14-20(15-11-17)27(25,26)23-18-6-4-3-5-7-18/h3-15,23H,1-2H3. The van der Waals surface area contributed by atoms with Crippen LogP contribution in [0.5, 0.6) is 0 Å². The van der Waals surface area contributed by atoms with Crippen molar-refractivity contribution in [2.45, 2.75) is 4.90 Å². The number of sulfonamides is 1. The Hall–Kier alpha value is -3.19. The van der Waals surface area contributed by atoms with Gasteiger partial charge in [-0.1, -0.05) is 18.2 Å². The van der Waals surface area contributed by atoms with E-state index in [1.807, 2.05) is 49.3 Å². The SMILES string of the molecule is CN(C)c1ccc(N=Nc2ccc(S(=O)(=O)Nc3ccccc3)cc2)cc1. The quantitative estimate of drug-likeness (QED) is 0.614. The Bertz CT molecular complexity index is 1010. The van der Waals surface area contributed by atoms with Crippen LogP contribution in [0.15, 0.2) is 94.0 Å². The molecule has 3 aromatic carbocycles. The van der Waals surface area contributed by atoms with Gasteiger partial charge in [-0.05, 0) is 60.7 Å². The number of nitrogens with zero attached hydrogens (tertiary/aromatic N) is 3. The number of nitrogens with one attached hydrogen (secondary N) is 1. The highest BCUT2D eigenvalue weighted by Crippen LogP contribution is 2.23. The van der Waals surface area contributed by atoms with Gasteiger partial charge in [-0.25, -0.2) is 8.42 Å². The summed E-state index contributed by atoms with van der Waals surface area (Å²) in [5.74, 6) is 0. The Morgan fingerprint density at radius 2 is 1.26 bits per heavy atom. The summed E-state index contributed by atoms with van der Waals surface area (Å²) in [7, 11) is 0.305. The lowest BCUT2D eigenvalue weighted by Gasteiger charge is -2.11. The van der Waals surface area contributed by atoms with Crippen molar-refractivity contribution in [3.8, 4) is 0 Å². The van der Waals surface area contributed by atoms with Gasteiger partial charge in [-0.3, -0.25) is 4.72 Å². The van der Waals surface area contributed by atoms with Crippen LogP contribution in [0.25, 0.3) is 0 Å². The van der Waals surface area contributed by atoms with Gasteiger partial charge >= 0.3 is 0 Å². The summed E-state index contributed by atoms with van der Waals surface area (Å²) in [6.07, 6.45) is 0. The van der Waals surface area contributed by atoms with E-state index < -0.39 is 10.0 Å². The van der Waals surface area contributed by atoms with Crippen LogP contribution >= 0.6 is 0 Å². The fourth-order valence-electron chi connectivity index (χ4n) is 2.35. The molecule has 0 aliphatic heterocycles. The molecule has 0 amide bonds. The van der Waals surface area contributed by atoms with Crippen molar-refractivity contribution in [2.75, 3.05) is 23.7 Å². The first-order chi connectivity index (χ1) is 12.9. The molecule has 0 radical (unpaired) electrons. The van der Waals surface area contributed by atoms with Gasteiger partial charge in [0.05, 0.1) is 16.3 Å². The lowest BCUT2D eigenvalue weighted by atomic mass is 10.3. The fraction of sp³-hybridized carbons (Fsp3) is 0.100. The van der Waals surface area contributed by atoms with E-state index in [2.05, 4.69) is 15.0 Å². The number of para-hydroxylation sites is 1. The summed E-state index contributed by atoms with van der Waals surface area (Å²) in [6, 6.07) is 22.7. The average molecular weight is 380 g/mol. The summed E-state index contributed by atoms with van der Waals surface area (Å²) < 4.78 is 27.4. The summed E-state index contributed by atoms with van der Waals surface area (Å²) in [5.41, 5.74) is 2.89. The van der Waals surface area contributed by atoms with E-state index in [-0.39, 0.29) is 4.90 Å². The van der Waals surface area contributed by atoms with E-state index in [4.69, 9.17) is 0 Å². The number of anilines is 2. The number of hydrogen-bond donors (Lipinski definition) is 1. The zero-order valence-corrected chi connectivity index (χ0v) is 15.9. The van der Waals surface area contributed by atoms with Crippen molar-refractivity contribution >= 4 is 32.8 Å². The minimum Gasteiger partial charge on any atom is -0.378 e. The van der Waals surface area contributed by atoms with E-state index >= 15 is 0 Å². The van der Waals surface area contributed by atoms with Crippen LogP contribution in [0.4, 0.5) is 22.7 Å². The molecule has 138 valence electrons. The third kappa shape index (κ3) is 4.92. The Morgan fingerprint density at radius 1 is 0.741 bits per heavy atom. The highest BCUT2D eigenvalue weighted by molar-refractivity contribution is 7.92. The van der Waals surface area contributed by atoms with Gasteiger partial charge in [-0.15, -0.1) is 0 Å². The maximum absolute atomic E-state index is 12.4. The van der Waals surface area contributed by atoms with Crippen molar-refractivity contribution in [2.24, 2.45) is 10.2 Å². The molecule has 0 bridgehead atoms. The molecule has 6 nitrogen and oxygen atoms in total. The molecule has 0 aliphatic carbocycles. The van der Waals surface area contributed by atoms with Crippen molar-refractivity contribution < 1.29 is 8.42 Å². The first kappa shape index (κ1) is 18.6. The second kappa shape index (κ2) is 8.01.